The molecule has 154 valence electrons. The number of hydrogen-bond donors (Lipinski definition) is 0. The number of amides is 1. The zero-order valence-corrected chi connectivity index (χ0v) is 17.3. The van der Waals surface area contributed by atoms with Gasteiger partial charge in [0, 0.05) is 13.6 Å². The molecule has 0 aliphatic heterocycles. The predicted molar refractivity (Wildman–Crippen MR) is 112 cm³/mol. The molecule has 6 heteroatoms. The zero-order valence-electron chi connectivity index (χ0n) is 17.3. The molecule has 0 saturated heterocycles. The Kier molecular flexibility index (Phi) is 8.27. The third kappa shape index (κ3) is 6.99. The van der Waals surface area contributed by atoms with Crippen molar-refractivity contribution >= 4 is 18.0 Å². The van der Waals surface area contributed by atoms with Crippen LogP contribution in [0.1, 0.15) is 23.6 Å². The first-order valence-electron chi connectivity index (χ1n) is 9.31. The number of hydrogen-bond acceptors (Lipinski definition) is 5. The standard InChI is InChI=1S/C23H27NO5/c1-5-6-18-11-12-20(21(13-18)27-4)28-16-23(26)29-15-22(25)24(3)14-19-9-7-17(2)8-10-19/h5-13H,14-16H2,1-4H3/b6-5+. The molecule has 0 spiro atoms. The highest BCUT2D eigenvalue weighted by Crippen LogP contribution is 2.28. The molecule has 0 atom stereocenters. The Labute approximate surface area is 171 Å². The van der Waals surface area contributed by atoms with Gasteiger partial charge in [0.1, 0.15) is 0 Å². The Hall–Kier alpha value is -3.28. The minimum Gasteiger partial charge on any atom is -0.493 e. The lowest BCUT2D eigenvalue weighted by Crippen LogP contribution is -2.31. The maximum absolute atomic E-state index is 12.2. The number of nitrogens with zero attached hydrogens (tertiary/aromatic N) is 1. The first kappa shape index (κ1) is 22.0. The molecule has 0 unspecified atom stereocenters. The van der Waals surface area contributed by atoms with E-state index in [1.165, 1.54) is 12.0 Å². The Balaban J connectivity index is 1.80. The number of esters is 1. The lowest BCUT2D eigenvalue weighted by molar-refractivity contribution is -0.153. The summed E-state index contributed by atoms with van der Waals surface area (Å²) in [5.74, 6) is 0.0386. The minimum atomic E-state index is -0.623. The molecule has 0 aromatic heterocycles. The average Bonchev–Trinajstić information content (AvgIpc) is 2.72. The van der Waals surface area contributed by atoms with Gasteiger partial charge in [0.2, 0.25) is 0 Å². The summed E-state index contributed by atoms with van der Waals surface area (Å²) in [6.45, 7) is 3.73. The predicted octanol–water partition coefficient (Wildman–Crippen LogP) is 3.62. The van der Waals surface area contributed by atoms with Crippen molar-refractivity contribution in [2.75, 3.05) is 27.4 Å². The van der Waals surface area contributed by atoms with Crippen molar-refractivity contribution in [3.05, 3.63) is 65.2 Å². The van der Waals surface area contributed by atoms with Gasteiger partial charge in [0.05, 0.1) is 7.11 Å². The highest BCUT2D eigenvalue weighted by atomic mass is 16.6. The SMILES string of the molecule is C/C=C/c1ccc(OCC(=O)OCC(=O)N(C)Cc2ccc(C)cc2)c(OC)c1. The highest BCUT2D eigenvalue weighted by Gasteiger charge is 2.14. The Morgan fingerprint density at radius 1 is 1.03 bits per heavy atom. The first-order valence-corrected chi connectivity index (χ1v) is 9.31. The largest absolute Gasteiger partial charge is 0.493 e. The lowest BCUT2D eigenvalue weighted by Gasteiger charge is -2.17. The van der Waals surface area contributed by atoms with Crippen LogP contribution in [0.3, 0.4) is 0 Å². The third-order valence-corrected chi connectivity index (χ3v) is 4.22. The van der Waals surface area contributed by atoms with E-state index < -0.39 is 5.97 Å². The first-order chi connectivity index (χ1) is 13.9. The molecule has 2 rings (SSSR count). The number of carbonyl (C=O) groups is 2. The molecule has 0 saturated carbocycles. The molecule has 0 radical (unpaired) electrons. The van der Waals surface area contributed by atoms with Crippen LogP contribution in [0.25, 0.3) is 6.08 Å². The van der Waals surface area contributed by atoms with Crippen molar-refractivity contribution < 1.29 is 23.8 Å². The average molecular weight is 397 g/mol. The topological polar surface area (TPSA) is 65.1 Å². The normalized spacial score (nSPS) is 10.6. The fourth-order valence-corrected chi connectivity index (χ4v) is 2.59. The summed E-state index contributed by atoms with van der Waals surface area (Å²) in [4.78, 5) is 25.6. The molecule has 0 aliphatic carbocycles. The van der Waals surface area contributed by atoms with Gasteiger partial charge < -0.3 is 19.1 Å². The van der Waals surface area contributed by atoms with Gasteiger partial charge in [-0.1, -0.05) is 48.0 Å². The molecule has 0 bridgehead atoms. The molecular formula is C23H27NO5. The Bertz CT molecular complexity index is 858. The molecule has 0 heterocycles. The van der Waals surface area contributed by atoms with Crippen molar-refractivity contribution in [1.29, 1.82) is 0 Å². The van der Waals surface area contributed by atoms with E-state index in [4.69, 9.17) is 14.2 Å². The summed E-state index contributed by atoms with van der Waals surface area (Å²) in [7, 11) is 3.20. The van der Waals surface area contributed by atoms with Gasteiger partial charge in [-0.15, -0.1) is 0 Å². The number of methoxy groups -OCH3 is 1. The van der Waals surface area contributed by atoms with E-state index in [0.717, 1.165) is 16.7 Å². The second-order valence-electron chi connectivity index (χ2n) is 6.60. The zero-order chi connectivity index (χ0) is 21.2. The second kappa shape index (κ2) is 10.9. The lowest BCUT2D eigenvalue weighted by atomic mass is 10.1. The van der Waals surface area contributed by atoms with Crippen molar-refractivity contribution in [2.45, 2.75) is 20.4 Å². The van der Waals surface area contributed by atoms with Crippen molar-refractivity contribution in [1.82, 2.24) is 4.90 Å². The summed E-state index contributed by atoms with van der Waals surface area (Å²) in [5.41, 5.74) is 3.13. The summed E-state index contributed by atoms with van der Waals surface area (Å²) in [6, 6.07) is 13.3. The van der Waals surface area contributed by atoms with Gasteiger partial charge in [-0.05, 0) is 37.1 Å². The van der Waals surface area contributed by atoms with Crippen molar-refractivity contribution in [2.24, 2.45) is 0 Å². The molecule has 0 fully saturated rings. The number of aryl methyl sites for hydroxylation is 1. The smallest absolute Gasteiger partial charge is 0.344 e. The molecule has 0 N–H and O–H groups in total. The van der Waals surface area contributed by atoms with Crippen LogP contribution in [0.15, 0.2) is 48.5 Å². The van der Waals surface area contributed by atoms with E-state index in [1.807, 2.05) is 62.4 Å². The van der Waals surface area contributed by atoms with Crippen LogP contribution in [-0.4, -0.2) is 44.1 Å². The number of rotatable bonds is 9. The van der Waals surface area contributed by atoms with Crippen LogP contribution in [-0.2, 0) is 20.9 Å². The Morgan fingerprint density at radius 2 is 1.76 bits per heavy atom. The maximum atomic E-state index is 12.2. The van der Waals surface area contributed by atoms with E-state index in [0.29, 0.717) is 18.0 Å². The molecule has 1 amide bonds. The van der Waals surface area contributed by atoms with Gasteiger partial charge >= 0.3 is 5.97 Å². The van der Waals surface area contributed by atoms with Crippen molar-refractivity contribution in [3.63, 3.8) is 0 Å². The molecule has 2 aromatic carbocycles. The number of benzene rings is 2. The third-order valence-electron chi connectivity index (χ3n) is 4.22. The van der Waals surface area contributed by atoms with E-state index in [9.17, 15) is 9.59 Å². The van der Waals surface area contributed by atoms with E-state index in [2.05, 4.69) is 0 Å². The van der Waals surface area contributed by atoms with Crippen LogP contribution < -0.4 is 9.47 Å². The molecule has 29 heavy (non-hydrogen) atoms. The number of likely N-dealkylation sites (N-methyl/N-ethyl adjacent to an activating group) is 1. The molecule has 0 aliphatic rings. The number of allylic oxidation sites excluding steroid dienone is 1. The van der Waals surface area contributed by atoms with Crippen LogP contribution in [0.2, 0.25) is 0 Å². The van der Waals surface area contributed by atoms with Gasteiger partial charge in [-0.3, -0.25) is 4.79 Å². The van der Waals surface area contributed by atoms with Gasteiger partial charge in [-0.2, -0.15) is 0 Å². The number of carbonyl (C=O) groups excluding carboxylic acids is 2. The van der Waals surface area contributed by atoms with Crippen molar-refractivity contribution in [3.8, 4) is 11.5 Å². The van der Waals surface area contributed by atoms with Crippen LogP contribution in [0.5, 0.6) is 11.5 Å². The summed E-state index contributed by atoms with van der Waals surface area (Å²) in [5, 5.41) is 0. The maximum Gasteiger partial charge on any atom is 0.344 e. The van der Waals surface area contributed by atoms with Crippen LogP contribution in [0.4, 0.5) is 0 Å². The molecule has 6 nitrogen and oxygen atoms in total. The quantitative estimate of drug-likeness (QED) is 0.605. The monoisotopic (exact) mass is 397 g/mol. The minimum absolute atomic E-state index is 0.285. The number of ether oxygens (including phenoxy) is 3. The van der Waals surface area contributed by atoms with E-state index in [-0.39, 0.29) is 19.1 Å². The fourth-order valence-electron chi connectivity index (χ4n) is 2.59. The summed E-state index contributed by atoms with van der Waals surface area (Å²) in [6.07, 6.45) is 3.85. The van der Waals surface area contributed by atoms with E-state index >= 15 is 0 Å². The fraction of sp³-hybridized carbons (Fsp3) is 0.304. The second-order valence-corrected chi connectivity index (χ2v) is 6.60. The highest BCUT2D eigenvalue weighted by molar-refractivity contribution is 5.80. The molecule has 2 aromatic rings. The van der Waals surface area contributed by atoms with Crippen LogP contribution in [0, 0.1) is 6.92 Å². The van der Waals surface area contributed by atoms with E-state index in [1.54, 1.807) is 13.1 Å². The summed E-state index contributed by atoms with van der Waals surface area (Å²) >= 11 is 0. The summed E-state index contributed by atoms with van der Waals surface area (Å²) < 4.78 is 15.8. The van der Waals surface area contributed by atoms with Gasteiger partial charge in [-0.25, -0.2) is 4.79 Å². The van der Waals surface area contributed by atoms with Crippen LogP contribution >= 0.6 is 0 Å². The van der Waals surface area contributed by atoms with Gasteiger partial charge in [0.25, 0.3) is 5.91 Å². The van der Waals surface area contributed by atoms with Gasteiger partial charge in [0.15, 0.2) is 24.7 Å². The Morgan fingerprint density at radius 3 is 2.41 bits per heavy atom. The molecular weight excluding hydrogens is 370 g/mol.